The highest BCUT2D eigenvalue weighted by Crippen LogP contribution is 2.21. The van der Waals surface area contributed by atoms with E-state index in [0.29, 0.717) is 5.75 Å². The Morgan fingerprint density at radius 2 is 1.53 bits per heavy atom. The fourth-order valence-corrected chi connectivity index (χ4v) is 1.51. The monoisotopic (exact) mass is 228 g/mol. The van der Waals surface area contributed by atoms with Gasteiger partial charge in [0, 0.05) is 0 Å². The van der Waals surface area contributed by atoms with Crippen LogP contribution >= 0.6 is 0 Å². The lowest BCUT2D eigenvalue weighted by atomic mass is 10.1. The van der Waals surface area contributed by atoms with Gasteiger partial charge in [-0.2, -0.15) is 0 Å². The van der Waals surface area contributed by atoms with Gasteiger partial charge in [-0.3, -0.25) is 0 Å². The van der Waals surface area contributed by atoms with Crippen molar-refractivity contribution in [2.45, 2.75) is 0 Å². The van der Waals surface area contributed by atoms with Crippen LogP contribution < -0.4 is 4.74 Å². The molecular formula is C14H12O3. The van der Waals surface area contributed by atoms with E-state index >= 15 is 0 Å². The summed E-state index contributed by atoms with van der Waals surface area (Å²) < 4.78 is 4.87. The van der Waals surface area contributed by atoms with Crippen LogP contribution in [0, 0.1) is 0 Å². The molecule has 17 heavy (non-hydrogen) atoms. The summed E-state index contributed by atoms with van der Waals surface area (Å²) in [7, 11) is 0. The second-order valence-electron chi connectivity index (χ2n) is 3.52. The van der Waals surface area contributed by atoms with Crippen molar-refractivity contribution in [1.29, 1.82) is 0 Å². The molecule has 0 atom stereocenters. The van der Waals surface area contributed by atoms with Gasteiger partial charge in [0.1, 0.15) is 12.4 Å². The number of hydrogen-bond donors (Lipinski definition) is 1. The zero-order valence-corrected chi connectivity index (χ0v) is 9.17. The molecule has 0 radical (unpaired) electrons. The van der Waals surface area contributed by atoms with E-state index in [0.717, 1.165) is 11.1 Å². The van der Waals surface area contributed by atoms with E-state index in [2.05, 4.69) is 0 Å². The molecule has 0 amide bonds. The molecule has 0 aromatic heterocycles. The molecule has 0 aliphatic heterocycles. The number of esters is 1. The Bertz CT molecular complexity index is 489. The van der Waals surface area contributed by atoms with Crippen LogP contribution in [0.4, 0.5) is 0 Å². The molecule has 2 aromatic rings. The Balaban J connectivity index is 2.16. The van der Waals surface area contributed by atoms with Gasteiger partial charge in [0.25, 0.3) is 0 Å². The van der Waals surface area contributed by atoms with Crippen LogP contribution in [-0.2, 0) is 4.79 Å². The number of aliphatic hydroxyl groups excluding tert-OH is 1. The summed E-state index contributed by atoms with van der Waals surface area (Å²) in [5, 5.41) is 8.55. The van der Waals surface area contributed by atoms with E-state index in [-0.39, 0.29) is 0 Å². The molecule has 86 valence electrons. The van der Waals surface area contributed by atoms with Crippen LogP contribution in [-0.4, -0.2) is 17.7 Å². The van der Waals surface area contributed by atoms with E-state index in [9.17, 15) is 4.79 Å². The first-order chi connectivity index (χ1) is 8.29. The number of carbonyl (C=O) groups is 1. The average molecular weight is 228 g/mol. The van der Waals surface area contributed by atoms with Gasteiger partial charge in [0.15, 0.2) is 0 Å². The molecule has 3 nitrogen and oxygen atoms in total. The summed E-state index contributed by atoms with van der Waals surface area (Å²) in [6.45, 7) is -0.611. The Kier molecular flexibility index (Phi) is 3.52. The van der Waals surface area contributed by atoms with Gasteiger partial charge < -0.3 is 9.84 Å². The zero-order chi connectivity index (χ0) is 12.1. The van der Waals surface area contributed by atoms with Gasteiger partial charge in [-0.25, -0.2) is 4.79 Å². The lowest BCUT2D eigenvalue weighted by Crippen LogP contribution is -2.11. The van der Waals surface area contributed by atoms with Gasteiger partial charge in [-0.15, -0.1) is 0 Å². The third kappa shape index (κ3) is 2.92. The van der Waals surface area contributed by atoms with Crippen molar-refractivity contribution in [3.05, 3.63) is 54.6 Å². The fourth-order valence-electron chi connectivity index (χ4n) is 1.51. The summed E-state index contributed by atoms with van der Waals surface area (Å²) in [6, 6.07) is 17.1. The van der Waals surface area contributed by atoms with Gasteiger partial charge in [-0.05, 0) is 23.3 Å². The van der Waals surface area contributed by atoms with E-state index in [1.165, 1.54) is 0 Å². The first-order valence-corrected chi connectivity index (χ1v) is 5.26. The summed E-state index contributed by atoms with van der Waals surface area (Å²) in [6.07, 6.45) is 0. The van der Waals surface area contributed by atoms with Crippen molar-refractivity contribution >= 4 is 5.97 Å². The van der Waals surface area contributed by atoms with Crippen LogP contribution in [0.25, 0.3) is 11.1 Å². The quantitative estimate of drug-likeness (QED) is 0.647. The molecule has 1 N–H and O–H groups in total. The van der Waals surface area contributed by atoms with Crippen molar-refractivity contribution in [1.82, 2.24) is 0 Å². The van der Waals surface area contributed by atoms with Crippen molar-refractivity contribution < 1.29 is 14.6 Å². The second kappa shape index (κ2) is 5.27. The van der Waals surface area contributed by atoms with Gasteiger partial charge >= 0.3 is 5.97 Å². The number of aliphatic hydroxyl groups is 1. The molecule has 0 aliphatic rings. The summed E-state index contributed by atoms with van der Waals surface area (Å²) in [5.41, 5.74) is 2.15. The Morgan fingerprint density at radius 1 is 0.941 bits per heavy atom. The molecule has 0 bridgehead atoms. The molecule has 3 heteroatoms. The lowest BCUT2D eigenvalue weighted by Gasteiger charge is -2.04. The maximum absolute atomic E-state index is 10.9. The largest absolute Gasteiger partial charge is 0.425 e. The number of rotatable bonds is 3. The van der Waals surface area contributed by atoms with Gasteiger partial charge in [-0.1, -0.05) is 42.5 Å². The van der Waals surface area contributed by atoms with E-state index < -0.39 is 12.6 Å². The van der Waals surface area contributed by atoms with Crippen molar-refractivity contribution in [3.8, 4) is 16.9 Å². The molecular weight excluding hydrogens is 216 g/mol. The molecule has 2 aromatic carbocycles. The van der Waals surface area contributed by atoms with Crippen LogP contribution in [0.2, 0.25) is 0 Å². The zero-order valence-electron chi connectivity index (χ0n) is 9.17. The third-order valence-electron chi connectivity index (χ3n) is 2.32. The number of carbonyl (C=O) groups excluding carboxylic acids is 1. The number of ether oxygens (including phenoxy) is 1. The van der Waals surface area contributed by atoms with Crippen molar-refractivity contribution in [2.24, 2.45) is 0 Å². The Morgan fingerprint density at radius 3 is 2.12 bits per heavy atom. The van der Waals surface area contributed by atoms with E-state index in [1.807, 2.05) is 42.5 Å². The summed E-state index contributed by atoms with van der Waals surface area (Å²) in [5.74, 6) is -0.221. The van der Waals surface area contributed by atoms with Gasteiger partial charge in [0.2, 0.25) is 0 Å². The summed E-state index contributed by atoms with van der Waals surface area (Å²) in [4.78, 5) is 10.9. The second-order valence-corrected chi connectivity index (χ2v) is 3.52. The van der Waals surface area contributed by atoms with E-state index in [4.69, 9.17) is 9.84 Å². The first kappa shape index (κ1) is 11.4. The molecule has 0 saturated carbocycles. The third-order valence-corrected chi connectivity index (χ3v) is 2.32. The topological polar surface area (TPSA) is 46.5 Å². The van der Waals surface area contributed by atoms with Crippen LogP contribution in [0.15, 0.2) is 54.6 Å². The number of benzene rings is 2. The maximum Gasteiger partial charge on any atom is 0.337 e. The normalized spacial score (nSPS) is 9.94. The molecule has 0 fully saturated rings. The molecule has 2 rings (SSSR count). The molecule has 0 spiro atoms. The highest BCUT2D eigenvalue weighted by molar-refractivity contribution is 5.73. The van der Waals surface area contributed by atoms with E-state index in [1.54, 1.807) is 12.1 Å². The van der Waals surface area contributed by atoms with Crippen LogP contribution in [0.1, 0.15) is 0 Å². The summed E-state index contributed by atoms with van der Waals surface area (Å²) >= 11 is 0. The SMILES string of the molecule is O=C(CO)Oc1ccc(-c2ccccc2)cc1. The first-order valence-electron chi connectivity index (χ1n) is 5.26. The predicted octanol–water partition coefficient (Wildman–Crippen LogP) is 2.25. The molecule has 0 saturated heterocycles. The highest BCUT2D eigenvalue weighted by Gasteiger charge is 2.02. The minimum Gasteiger partial charge on any atom is -0.425 e. The standard InChI is InChI=1S/C14H12O3/c15-10-14(16)17-13-8-6-12(7-9-13)11-4-2-1-3-5-11/h1-9,15H,10H2. The minimum atomic E-state index is -0.655. The van der Waals surface area contributed by atoms with Crippen LogP contribution in [0.5, 0.6) is 5.75 Å². The Labute approximate surface area is 99.3 Å². The highest BCUT2D eigenvalue weighted by atomic mass is 16.5. The lowest BCUT2D eigenvalue weighted by molar-refractivity contribution is -0.137. The Hall–Kier alpha value is -2.13. The molecule has 0 unspecified atom stereocenters. The molecule has 0 aliphatic carbocycles. The smallest absolute Gasteiger partial charge is 0.337 e. The fraction of sp³-hybridized carbons (Fsp3) is 0.0714. The number of hydrogen-bond acceptors (Lipinski definition) is 3. The predicted molar refractivity (Wildman–Crippen MR) is 64.6 cm³/mol. The van der Waals surface area contributed by atoms with Crippen LogP contribution in [0.3, 0.4) is 0 Å². The minimum absolute atomic E-state index is 0.434. The van der Waals surface area contributed by atoms with Crippen molar-refractivity contribution in [2.75, 3.05) is 6.61 Å². The molecule has 0 heterocycles. The maximum atomic E-state index is 10.9. The van der Waals surface area contributed by atoms with Crippen molar-refractivity contribution in [3.63, 3.8) is 0 Å². The van der Waals surface area contributed by atoms with Gasteiger partial charge in [0.05, 0.1) is 0 Å². The average Bonchev–Trinajstić information content (AvgIpc) is 2.40.